The van der Waals surface area contributed by atoms with Crippen LogP contribution in [0.4, 0.5) is 0 Å². The van der Waals surface area contributed by atoms with Crippen molar-refractivity contribution >= 4 is 0 Å². The van der Waals surface area contributed by atoms with Crippen LogP contribution in [0.15, 0.2) is 30.7 Å². The lowest BCUT2D eigenvalue weighted by molar-refractivity contribution is 0.590. The Hall–Kier alpha value is -1.68. The molecule has 0 aliphatic heterocycles. The Balaban J connectivity index is 2.14. The van der Waals surface area contributed by atoms with Crippen LogP contribution in [0.5, 0.6) is 0 Å². The molecule has 2 aromatic rings. The number of nitrogens with zero attached hydrogens (tertiary/aromatic N) is 3. The van der Waals surface area contributed by atoms with Gasteiger partial charge >= 0.3 is 0 Å². The van der Waals surface area contributed by atoms with Gasteiger partial charge in [-0.3, -0.25) is 4.98 Å². The van der Waals surface area contributed by atoms with Crippen molar-refractivity contribution < 1.29 is 0 Å². The van der Waals surface area contributed by atoms with Crippen molar-refractivity contribution in [1.29, 1.82) is 0 Å². The van der Waals surface area contributed by atoms with E-state index < -0.39 is 0 Å². The number of hydrogen-bond donors (Lipinski definition) is 1. The van der Waals surface area contributed by atoms with Crippen LogP contribution in [0.25, 0.3) is 0 Å². The van der Waals surface area contributed by atoms with Gasteiger partial charge in [0.25, 0.3) is 0 Å². The Morgan fingerprint density at radius 2 is 2.17 bits per heavy atom. The molecule has 0 fully saturated rings. The molecule has 1 atom stereocenters. The number of imidazole rings is 1. The SMILES string of the molecule is CCCn1ccnc1CC(N)c1ncccc1C. The summed E-state index contributed by atoms with van der Waals surface area (Å²) in [5, 5.41) is 0. The third-order valence-electron chi connectivity index (χ3n) is 3.07. The summed E-state index contributed by atoms with van der Waals surface area (Å²) in [6.07, 6.45) is 7.46. The number of rotatable bonds is 5. The summed E-state index contributed by atoms with van der Waals surface area (Å²) in [5.74, 6) is 1.04. The van der Waals surface area contributed by atoms with Gasteiger partial charge in [-0.2, -0.15) is 0 Å². The third-order valence-corrected chi connectivity index (χ3v) is 3.07. The summed E-state index contributed by atoms with van der Waals surface area (Å²) in [7, 11) is 0. The van der Waals surface area contributed by atoms with Gasteiger partial charge in [0.15, 0.2) is 0 Å². The number of nitrogens with two attached hydrogens (primary N) is 1. The molecule has 0 saturated carbocycles. The summed E-state index contributed by atoms with van der Waals surface area (Å²) < 4.78 is 2.16. The summed E-state index contributed by atoms with van der Waals surface area (Å²) >= 11 is 0. The van der Waals surface area contributed by atoms with E-state index >= 15 is 0 Å². The van der Waals surface area contributed by atoms with Gasteiger partial charge in [0.1, 0.15) is 5.82 Å². The summed E-state index contributed by atoms with van der Waals surface area (Å²) in [4.78, 5) is 8.76. The zero-order chi connectivity index (χ0) is 13.0. The first kappa shape index (κ1) is 12.8. The molecule has 0 radical (unpaired) electrons. The predicted molar refractivity (Wildman–Crippen MR) is 72.1 cm³/mol. The van der Waals surface area contributed by atoms with Crippen molar-refractivity contribution in [3.05, 3.63) is 47.8 Å². The van der Waals surface area contributed by atoms with E-state index in [9.17, 15) is 0 Å². The quantitative estimate of drug-likeness (QED) is 0.877. The molecule has 4 heteroatoms. The fourth-order valence-corrected chi connectivity index (χ4v) is 2.15. The molecule has 2 aromatic heterocycles. The Morgan fingerprint density at radius 3 is 2.89 bits per heavy atom. The van der Waals surface area contributed by atoms with Crippen LogP contribution in [0.3, 0.4) is 0 Å². The first-order valence-electron chi connectivity index (χ1n) is 6.39. The second-order valence-corrected chi connectivity index (χ2v) is 4.55. The van der Waals surface area contributed by atoms with Crippen LogP contribution in [0.1, 0.15) is 36.5 Å². The van der Waals surface area contributed by atoms with Gasteiger partial charge in [0.05, 0.1) is 11.7 Å². The molecule has 0 amide bonds. The molecule has 96 valence electrons. The zero-order valence-electron chi connectivity index (χ0n) is 11.0. The second-order valence-electron chi connectivity index (χ2n) is 4.55. The average molecular weight is 244 g/mol. The van der Waals surface area contributed by atoms with Gasteiger partial charge in [-0.05, 0) is 25.0 Å². The number of pyridine rings is 1. The van der Waals surface area contributed by atoms with E-state index in [1.54, 1.807) is 6.20 Å². The van der Waals surface area contributed by atoms with Gasteiger partial charge in [-0.15, -0.1) is 0 Å². The summed E-state index contributed by atoms with van der Waals surface area (Å²) in [6, 6.07) is 3.88. The third kappa shape index (κ3) is 2.76. The van der Waals surface area contributed by atoms with Gasteiger partial charge in [0.2, 0.25) is 0 Å². The minimum absolute atomic E-state index is 0.0933. The van der Waals surface area contributed by atoms with Gasteiger partial charge < -0.3 is 10.3 Å². The Kier molecular flexibility index (Phi) is 4.10. The van der Waals surface area contributed by atoms with Crippen LogP contribution in [-0.2, 0) is 13.0 Å². The van der Waals surface area contributed by atoms with E-state index in [0.717, 1.165) is 36.5 Å². The highest BCUT2D eigenvalue weighted by Crippen LogP contribution is 2.16. The highest BCUT2D eigenvalue weighted by Gasteiger charge is 2.13. The molecule has 0 aromatic carbocycles. The largest absolute Gasteiger partial charge is 0.335 e. The van der Waals surface area contributed by atoms with Crippen LogP contribution in [0.2, 0.25) is 0 Å². The normalized spacial score (nSPS) is 12.6. The number of hydrogen-bond acceptors (Lipinski definition) is 3. The Morgan fingerprint density at radius 1 is 1.33 bits per heavy atom. The summed E-state index contributed by atoms with van der Waals surface area (Å²) in [6.45, 7) is 5.19. The first-order chi connectivity index (χ1) is 8.72. The molecular formula is C14H20N4. The molecule has 2 N–H and O–H groups in total. The lowest BCUT2D eigenvalue weighted by Gasteiger charge is -2.14. The van der Waals surface area contributed by atoms with Crippen LogP contribution in [-0.4, -0.2) is 14.5 Å². The highest BCUT2D eigenvalue weighted by atomic mass is 15.1. The molecule has 0 bridgehead atoms. The maximum atomic E-state index is 6.24. The van der Waals surface area contributed by atoms with Crippen molar-refractivity contribution in [2.24, 2.45) is 5.73 Å². The summed E-state index contributed by atoms with van der Waals surface area (Å²) in [5.41, 5.74) is 8.34. The van der Waals surface area contributed by atoms with E-state index in [1.165, 1.54) is 0 Å². The molecular weight excluding hydrogens is 224 g/mol. The van der Waals surface area contributed by atoms with E-state index in [4.69, 9.17) is 5.73 Å². The molecule has 2 rings (SSSR count). The number of aryl methyl sites for hydroxylation is 2. The molecule has 4 nitrogen and oxygen atoms in total. The lowest BCUT2D eigenvalue weighted by Crippen LogP contribution is -2.18. The van der Waals surface area contributed by atoms with E-state index in [1.807, 2.05) is 31.5 Å². The Bertz CT molecular complexity index is 504. The van der Waals surface area contributed by atoms with Crippen LogP contribution < -0.4 is 5.73 Å². The monoisotopic (exact) mass is 244 g/mol. The maximum absolute atomic E-state index is 6.24. The van der Waals surface area contributed by atoms with Crippen molar-refractivity contribution in [3.63, 3.8) is 0 Å². The van der Waals surface area contributed by atoms with E-state index in [0.29, 0.717) is 0 Å². The average Bonchev–Trinajstić information content (AvgIpc) is 2.78. The van der Waals surface area contributed by atoms with Crippen molar-refractivity contribution in [1.82, 2.24) is 14.5 Å². The van der Waals surface area contributed by atoms with Crippen LogP contribution >= 0.6 is 0 Å². The second kappa shape index (κ2) is 5.78. The predicted octanol–water partition coefficient (Wildman–Crippen LogP) is 2.24. The standard InChI is InChI=1S/C14H20N4/c1-3-8-18-9-7-16-13(18)10-12(15)14-11(2)5-4-6-17-14/h4-7,9,12H,3,8,10,15H2,1-2H3. The van der Waals surface area contributed by atoms with Gasteiger partial charge in [-0.1, -0.05) is 13.0 Å². The minimum Gasteiger partial charge on any atom is -0.335 e. The fourth-order valence-electron chi connectivity index (χ4n) is 2.15. The smallest absolute Gasteiger partial charge is 0.110 e. The fraction of sp³-hybridized carbons (Fsp3) is 0.429. The van der Waals surface area contributed by atoms with Gasteiger partial charge in [0, 0.05) is 31.6 Å². The van der Waals surface area contributed by atoms with Crippen molar-refractivity contribution in [3.8, 4) is 0 Å². The molecule has 2 heterocycles. The van der Waals surface area contributed by atoms with Crippen molar-refractivity contribution in [2.75, 3.05) is 0 Å². The molecule has 18 heavy (non-hydrogen) atoms. The van der Waals surface area contributed by atoms with Crippen molar-refractivity contribution in [2.45, 2.75) is 39.3 Å². The molecule has 1 unspecified atom stereocenters. The lowest BCUT2D eigenvalue weighted by atomic mass is 10.1. The van der Waals surface area contributed by atoms with E-state index in [-0.39, 0.29) is 6.04 Å². The molecule has 0 spiro atoms. The molecule has 0 aliphatic rings. The van der Waals surface area contributed by atoms with Gasteiger partial charge in [-0.25, -0.2) is 4.98 Å². The zero-order valence-corrected chi connectivity index (χ0v) is 11.0. The molecule has 0 saturated heterocycles. The van der Waals surface area contributed by atoms with E-state index in [2.05, 4.69) is 21.5 Å². The minimum atomic E-state index is -0.0933. The highest BCUT2D eigenvalue weighted by molar-refractivity contribution is 5.21. The number of aromatic nitrogens is 3. The molecule has 0 aliphatic carbocycles. The Labute approximate surface area is 108 Å². The maximum Gasteiger partial charge on any atom is 0.110 e. The van der Waals surface area contributed by atoms with Crippen LogP contribution in [0, 0.1) is 6.92 Å². The first-order valence-corrected chi connectivity index (χ1v) is 6.39. The topological polar surface area (TPSA) is 56.7 Å².